The Hall–Kier alpha value is -4.72. The second kappa shape index (κ2) is 8.20. The highest BCUT2D eigenvalue weighted by Crippen LogP contribution is 2.60. The first-order chi connectivity index (χ1) is 17.1. The van der Waals surface area contributed by atoms with E-state index in [1.165, 1.54) is 60.7 Å². The highest BCUT2D eigenvalue weighted by atomic mass is 16.3. The van der Waals surface area contributed by atoms with Gasteiger partial charge in [0.2, 0.25) is 0 Å². The number of rotatable bonds is 4. The van der Waals surface area contributed by atoms with E-state index in [1.54, 1.807) is 6.07 Å². The van der Waals surface area contributed by atoms with E-state index in [-0.39, 0.29) is 58.8 Å². The second-order valence-electron chi connectivity index (χ2n) is 9.28. The minimum atomic E-state index is -1.14. The summed E-state index contributed by atoms with van der Waals surface area (Å²) in [4.78, 5) is 0. The summed E-state index contributed by atoms with van der Waals surface area (Å²) in [5.74, 6) is -2.36. The molecule has 1 aliphatic carbocycles. The molecule has 0 spiro atoms. The molecule has 0 radical (unpaired) electrons. The normalized spacial score (nSPS) is 18.7. The second-order valence-corrected chi connectivity index (χ2v) is 9.28. The first-order valence-corrected chi connectivity index (χ1v) is 11.2. The molecule has 0 saturated heterocycles. The molecule has 0 bridgehead atoms. The van der Waals surface area contributed by atoms with Crippen LogP contribution in [0.2, 0.25) is 0 Å². The van der Waals surface area contributed by atoms with Crippen molar-refractivity contribution in [1.82, 2.24) is 0 Å². The van der Waals surface area contributed by atoms with Crippen molar-refractivity contribution in [2.45, 2.75) is 24.2 Å². The van der Waals surface area contributed by atoms with Crippen LogP contribution in [0.25, 0.3) is 0 Å². The predicted octanol–water partition coefficient (Wildman–Crippen LogP) is 4.20. The molecule has 8 heteroatoms. The van der Waals surface area contributed by atoms with Gasteiger partial charge in [-0.1, -0.05) is 12.1 Å². The lowest BCUT2D eigenvalue weighted by molar-refractivity contribution is 0.355. The van der Waals surface area contributed by atoms with Gasteiger partial charge >= 0.3 is 0 Å². The van der Waals surface area contributed by atoms with Gasteiger partial charge in [-0.25, -0.2) is 0 Å². The lowest BCUT2D eigenvalue weighted by atomic mass is 9.64. The average Bonchev–Trinajstić information content (AvgIpc) is 3.07. The smallest absolute Gasteiger partial charge is 0.123 e. The van der Waals surface area contributed by atoms with Crippen molar-refractivity contribution >= 4 is 0 Å². The third kappa shape index (κ3) is 3.73. The number of phenolic OH excluding ortho intramolecular Hbond substituents is 8. The summed E-state index contributed by atoms with van der Waals surface area (Å²) in [6.45, 7) is 0. The van der Waals surface area contributed by atoms with Crippen LogP contribution in [0.4, 0.5) is 0 Å². The van der Waals surface area contributed by atoms with Crippen LogP contribution >= 0.6 is 0 Å². The van der Waals surface area contributed by atoms with E-state index in [0.29, 0.717) is 27.8 Å². The van der Waals surface area contributed by atoms with E-state index in [9.17, 15) is 40.9 Å². The van der Waals surface area contributed by atoms with Crippen molar-refractivity contribution in [3.05, 3.63) is 94.5 Å². The maximum atomic E-state index is 11.0. The van der Waals surface area contributed by atoms with E-state index in [1.807, 2.05) is 0 Å². The van der Waals surface area contributed by atoms with E-state index < -0.39 is 11.3 Å². The minimum Gasteiger partial charge on any atom is -0.508 e. The molecule has 0 fully saturated rings. The van der Waals surface area contributed by atoms with Gasteiger partial charge in [-0.15, -0.1) is 0 Å². The molecule has 4 aromatic rings. The summed E-state index contributed by atoms with van der Waals surface area (Å²) in [5, 5.41) is 83.3. The van der Waals surface area contributed by atoms with Crippen LogP contribution in [0.15, 0.2) is 66.7 Å². The van der Waals surface area contributed by atoms with Gasteiger partial charge < -0.3 is 40.9 Å². The molecule has 5 rings (SSSR count). The molecule has 0 amide bonds. The number of phenols is 8. The van der Waals surface area contributed by atoms with Crippen LogP contribution in [-0.2, 0) is 18.3 Å². The Balaban J connectivity index is 1.85. The van der Waals surface area contributed by atoms with Crippen molar-refractivity contribution in [3.8, 4) is 46.0 Å². The van der Waals surface area contributed by atoms with Crippen LogP contribution in [0, 0.1) is 0 Å². The van der Waals surface area contributed by atoms with Crippen LogP contribution in [-0.4, -0.2) is 40.9 Å². The zero-order valence-electron chi connectivity index (χ0n) is 18.9. The predicted molar refractivity (Wildman–Crippen MR) is 130 cm³/mol. The summed E-state index contributed by atoms with van der Waals surface area (Å²) in [6.07, 6.45) is 0.275. The molecule has 0 aromatic heterocycles. The van der Waals surface area contributed by atoms with Gasteiger partial charge in [0.1, 0.15) is 46.0 Å². The van der Waals surface area contributed by atoms with Crippen molar-refractivity contribution < 1.29 is 40.9 Å². The SMILES string of the molecule is Oc1cc(O)cc(CC2(c3ccc(O)cc3O)Cc3cc(O)cc(O)c3C2c2ccc(O)cc2O)c1. The van der Waals surface area contributed by atoms with E-state index >= 15 is 0 Å². The van der Waals surface area contributed by atoms with Crippen LogP contribution in [0.5, 0.6) is 46.0 Å². The molecule has 4 aromatic carbocycles. The van der Waals surface area contributed by atoms with Crippen molar-refractivity contribution in [3.63, 3.8) is 0 Å². The number of hydrogen-bond donors (Lipinski definition) is 8. The fourth-order valence-electron chi connectivity index (χ4n) is 5.68. The maximum Gasteiger partial charge on any atom is 0.123 e. The third-order valence-electron chi connectivity index (χ3n) is 6.90. The Labute approximate surface area is 205 Å². The molecule has 0 saturated carbocycles. The fourth-order valence-corrected chi connectivity index (χ4v) is 5.68. The standard InChI is InChI=1S/C28H24O8/c29-16-1-3-21(23(34)9-16)27-26-15(7-20(33)11-25(26)36)13-28(27,22-4-2-17(30)10-24(22)35)12-14-5-18(31)8-19(32)6-14/h1-11,27,29-36H,12-13H2. The monoisotopic (exact) mass is 488 g/mol. The van der Waals surface area contributed by atoms with Crippen LogP contribution in [0.3, 0.4) is 0 Å². The molecule has 0 aliphatic heterocycles. The van der Waals surface area contributed by atoms with Gasteiger partial charge in [-0.3, -0.25) is 0 Å². The summed E-state index contributed by atoms with van der Waals surface area (Å²) >= 11 is 0. The van der Waals surface area contributed by atoms with Gasteiger partial charge in [-0.05, 0) is 54.3 Å². The fraction of sp³-hybridized carbons (Fsp3) is 0.143. The van der Waals surface area contributed by atoms with Gasteiger partial charge in [0.05, 0.1) is 0 Å². The zero-order valence-corrected chi connectivity index (χ0v) is 18.9. The van der Waals surface area contributed by atoms with E-state index in [4.69, 9.17) is 0 Å². The Kier molecular flexibility index (Phi) is 5.25. The van der Waals surface area contributed by atoms with Crippen molar-refractivity contribution in [2.24, 2.45) is 0 Å². The summed E-state index contributed by atoms with van der Waals surface area (Å²) in [5.41, 5.74) is 1.03. The summed E-state index contributed by atoms with van der Waals surface area (Å²) in [6, 6.07) is 15.0. The molecular weight excluding hydrogens is 464 g/mol. The highest BCUT2D eigenvalue weighted by molar-refractivity contribution is 5.64. The van der Waals surface area contributed by atoms with Crippen LogP contribution < -0.4 is 0 Å². The Bertz CT molecular complexity index is 1480. The molecule has 0 heterocycles. The molecule has 2 unspecified atom stereocenters. The lowest BCUT2D eigenvalue weighted by Crippen LogP contribution is -2.35. The van der Waals surface area contributed by atoms with E-state index in [0.717, 1.165) is 0 Å². The van der Waals surface area contributed by atoms with Crippen molar-refractivity contribution in [1.29, 1.82) is 0 Å². The lowest BCUT2D eigenvalue weighted by Gasteiger charge is -2.38. The van der Waals surface area contributed by atoms with Gasteiger partial charge in [-0.2, -0.15) is 0 Å². The number of benzene rings is 4. The Morgan fingerprint density at radius 2 is 1.17 bits per heavy atom. The van der Waals surface area contributed by atoms with E-state index in [2.05, 4.69) is 0 Å². The molecule has 8 nitrogen and oxygen atoms in total. The maximum absolute atomic E-state index is 11.0. The zero-order chi connectivity index (χ0) is 25.8. The summed E-state index contributed by atoms with van der Waals surface area (Å²) < 4.78 is 0. The van der Waals surface area contributed by atoms with Gasteiger partial charge in [0, 0.05) is 52.3 Å². The molecule has 2 atom stereocenters. The molecule has 36 heavy (non-hydrogen) atoms. The van der Waals surface area contributed by atoms with Gasteiger partial charge in [0.25, 0.3) is 0 Å². The number of aromatic hydroxyl groups is 8. The first-order valence-electron chi connectivity index (χ1n) is 11.2. The molecule has 184 valence electrons. The molecular formula is C28H24O8. The first kappa shape index (κ1) is 23.0. The number of fused-ring (bicyclic) bond motifs is 1. The largest absolute Gasteiger partial charge is 0.508 e. The summed E-state index contributed by atoms with van der Waals surface area (Å²) in [7, 11) is 0. The molecule has 1 aliphatic rings. The van der Waals surface area contributed by atoms with Crippen molar-refractivity contribution in [2.75, 3.05) is 0 Å². The quantitative estimate of drug-likeness (QED) is 0.212. The molecule has 8 N–H and O–H groups in total. The average molecular weight is 488 g/mol. The topological polar surface area (TPSA) is 162 Å². The Morgan fingerprint density at radius 3 is 1.81 bits per heavy atom. The van der Waals surface area contributed by atoms with Gasteiger partial charge in [0.15, 0.2) is 0 Å². The van der Waals surface area contributed by atoms with Crippen LogP contribution in [0.1, 0.15) is 33.7 Å². The minimum absolute atomic E-state index is 0.104. The highest BCUT2D eigenvalue weighted by Gasteiger charge is 2.51. The third-order valence-corrected chi connectivity index (χ3v) is 6.90. The Morgan fingerprint density at radius 1 is 0.583 bits per heavy atom. The number of hydrogen-bond acceptors (Lipinski definition) is 8.